The predicted octanol–water partition coefficient (Wildman–Crippen LogP) is 5.59. The van der Waals surface area contributed by atoms with Crippen LogP contribution in [0.2, 0.25) is 10.0 Å². The number of aryl methyl sites for hydroxylation is 1. The number of hydrogen-bond donors (Lipinski definition) is 2. The van der Waals surface area contributed by atoms with E-state index in [1.165, 1.54) is 0 Å². The minimum Gasteiger partial charge on any atom is -0.495 e. The molecule has 0 spiro atoms. The van der Waals surface area contributed by atoms with Gasteiger partial charge in [-0.3, -0.25) is 0 Å². The van der Waals surface area contributed by atoms with Gasteiger partial charge in [0.1, 0.15) is 23.2 Å². The first kappa shape index (κ1) is 17.3. The second-order valence-electron chi connectivity index (χ2n) is 5.29. The van der Waals surface area contributed by atoms with Gasteiger partial charge in [0.25, 0.3) is 0 Å². The third-order valence-electron chi connectivity index (χ3n) is 3.38. The van der Waals surface area contributed by atoms with Crippen LogP contribution in [0.4, 0.5) is 23.0 Å². The molecule has 0 saturated carbocycles. The van der Waals surface area contributed by atoms with Crippen LogP contribution in [0.25, 0.3) is 0 Å². The SMILES string of the molecule is COc1ccc(Nc2cc(Nc3ccc(Cl)cc3)nc(C)n2)cc1Cl. The number of benzene rings is 2. The first-order chi connectivity index (χ1) is 12.0. The number of aromatic nitrogens is 2. The maximum absolute atomic E-state index is 6.16. The Morgan fingerprint density at radius 2 is 1.44 bits per heavy atom. The van der Waals surface area contributed by atoms with E-state index in [2.05, 4.69) is 20.6 Å². The fourth-order valence-corrected chi connectivity index (χ4v) is 2.65. The van der Waals surface area contributed by atoms with Crippen molar-refractivity contribution in [2.75, 3.05) is 17.7 Å². The van der Waals surface area contributed by atoms with E-state index < -0.39 is 0 Å². The summed E-state index contributed by atoms with van der Waals surface area (Å²) >= 11 is 12.1. The van der Waals surface area contributed by atoms with E-state index in [0.29, 0.717) is 33.3 Å². The van der Waals surface area contributed by atoms with E-state index in [4.69, 9.17) is 27.9 Å². The normalized spacial score (nSPS) is 10.4. The number of nitrogens with zero attached hydrogens (tertiary/aromatic N) is 2. The van der Waals surface area contributed by atoms with Crippen LogP contribution in [0.15, 0.2) is 48.5 Å². The number of rotatable bonds is 5. The van der Waals surface area contributed by atoms with Gasteiger partial charge in [0.05, 0.1) is 12.1 Å². The largest absolute Gasteiger partial charge is 0.495 e. The van der Waals surface area contributed by atoms with Crippen LogP contribution >= 0.6 is 23.2 Å². The zero-order valence-electron chi connectivity index (χ0n) is 13.7. The van der Waals surface area contributed by atoms with E-state index in [-0.39, 0.29) is 0 Å². The third kappa shape index (κ3) is 4.53. The summed E-state index contributed by atoms with van der Waals surface area (Å²) in [5.41, 5.74) is 1.70. The van der Waals surface area contributed by atoms with Crippen LogP contribution in [-0.2, 0) is 0 Å². The Kier molecular flexibility index (Phi) is 5.26. The Morgan fingerprint density at radius 1 is 0.840 bits per heavy atom. The molecule has 3 rings (SSSR count). The van der Waals surface area contributed by atoms with Crippen LogP contribution in [-0.4, -0.2) is 17.1 Å². The first-order valence-corrected chi connectivity index (χ1v) is 8.28. The minimum atomic E-state index is 0.526. The zero-order chi connectivity index (χ0) is 17.8. The van der Waals surface area contributed by atoms with Crippen molar-refractivity contribution in [3.8, 4) is 5.75 Å². The van der Waals surface area contributed by atoms with Gasteiger partial charge in [-0.25, -0.2) is 9.97 Å². The van der Waals surface area contributed by atoms with Crippen molar-refractivity contribution >= 4 is 46.2 Å². The van der Waals surface area contributed by atoms with Gasteiger partial charge in [0.2, 0.25) is 0 Å². The number of methoxy groups -OCH3 is 1. The van der Waals surface area contributed by atoms with Crippen LogP contribution in [0.3, 0.4) is 0 Å². The zero-order valence-corrected chi connectivity index (χ0v) is 15.2. The first-order valence-electron chi connectivity index (χ1n) is 7.52. The molecular formula is C18H16Cl2N4O. The third-order valence-corrected chi connectivity index (χ3v) is 3.93. The molecule has 5 nitrogen and oxygen atoms in total. The summed E-state index contributed by atoms with van der Waals surface area (Å²) in [4.78, 5) is 8.80. The summed E-state index contributed by atoms with van der Waals surface area (Å²) in [6.45, 7) is 1.83. The lowest BCUT2D eigenvalue weighted by Crippen LogP contribution is -2.01. The lowest BCUT2D eigenvalue weighted by molar-refractivity contribution is 0.415. The average molecular weight is 375 g/mol. The van der Waals surface area contributed by atoms with Crippen molar-refractivity contribution in [1.82, 2.24) is 9.97 Å². The molecule has 0 aliphatic heterocycles. The molecule has 25 heavy (non-hydrogen) atoms. The molecule has 3 aromatic rings. The average Bonchev–Trinajstić information content (AvgIpc) is 2.57. The Bertz CT molecular complexity index is 885. The second kappa shape index (κ2) is 7.59. The van der Waals surface area contributed by atoms with E-state index in [1.807, 2.05) is 43.3 Å². The molecule has 0 fully saturated rings. The summed E-state index contributed by atoms with van der Waals surface area (Å²) in [6.07, 6.45) is 0. The molecule has 0 aliphatic carbocycles. The van der Waals surface area contributed by atoms with Crippen molar-refractivity contribution in [3.63, 3.8) is 0 Å². The Hall–Kier alpha value is -2.50. The summed E-state index contributed by atoms with van der Waals surface area (Å²) in [7, 11) is 1.58. The summed E-state index contributed by atoms with van der Waals surface area (Å²) < 4.78 is 5.16. The summed E-state index contributed by atoms with van der Waals surface area (Å²) in [6, 6.07) is 14.7. The molecule has 0 saturated heterocycles. The molecule has 128 valence electrons. The highest BCUT2D eigenvalue weighted by atomic mass is 35.5. The van der Waals surface area contributed by atoms with E-state index >= 15 is 0 Å². The van der Waals surface area contributed by atoms with Crippen LogP contribution < -0.4 is 15.4 Å². The molecule has 0 bridgehead atoms. The molecule has 7 heteroatoms. The van der Waals surface area contributed by atoms with Crippen LogP contribution in [0, 0.1) is 6.92 Å². The summed E-state index contributed by atoms with van der Waals surface area (Å²) in [5, 5.41) is 7.66. The van der Waals surface area contributed by atoms with Crippen molar-refractivity contribution < 1.29 is 4.74 Å². The van der Waals surface area contributed by atoms with E-state index in [9.17, 15) is 0 Å². The molecular weight excluding hydrogens is 359 g/mol. The van der Waals surface area contributed by atoms with Crippen molar-refractivity contribution in [1.29, 1.82) is 0 Å². The molecule has 0 atom stereocenters. The van der Waals surface area contributed by atoms with E-state index in [0.717, 1.165) is 11.4 Å². The van der Waals surface area contributed by atoms with Crippen LogP contribution in [0.5, 0.6) is 5.75 Å². The lowest BCUT2D eigenvalue weighted by Gasteiger charge is -2.11. The maximum atomic E-state index is 6.16. The number of anilines is 4. The van der Waals surface area contributed by atoms with Crippen molar-refractivity contribution in [2.24, 2.45) is 0 Å². The molecule has 0 radical (unpaired) electrons. The molecule has 0 aliphatic rings. The van der Waals surface area contributed by atoms with Gasteiger partial charge in [-0.15, -0.1) is 0 Å². The Balaban J connectivity index is 1.81. The van der Waals surface area contributed by atoms with Gasteiger partial charge in [0.15, 0.2) is 0 Å². The highest BCUT2D eigenvalue weighted by Crippen LogP contribution is 2.29. The van der Waals surface area contributed by atoms with E-state index in [1.54, 1.807) is 19.2 Å². The van der Waals surface area contributed by atoms with Gasteiger partial charge < -0.3 is 15.4 Å². The summed E-state index contributed by atoms with van der Waals surface area (Å²) in [5.74, 6) is 2.60. The molecule has 2 N–H and O–H groups in total. The van der Waals surface area contributed by atoms with Crippen molar-refractivity contribution in [2.45, 2.75) is 6.92 Å². The fourth-order valence-electron chi connectivity index (χ4n) is 2.27. The fraction of sp³-hybridized carbons (Fsp3) is 0.111. The lowest BCUT2D eigenvalue weighted by atomic mass is 10.3. The molecule has 1 heterocycles. The van der Waals surface area contributed by atoms with Gasteiger partial charge in [-0.2, -0.15) is 0 Å². The number of halogens is 2. The monoisotopic (exact) mass is 374 g/mol. The Labute approximate surface area is 156 Å². The topological polar surface area (TPSA) is 59.1 Å². The van der Waals surface area contributed by atoms with Crippen molar-refractivity contribution in [3.05, 3.63) is 64.4 Å². The van der Waals surface area contributed by atoms with Gasteiger partial charge >= 0.3 is 0 Å². The smallest absolute Gasteiger partial charge is 0.137 e. The van der Waals surface area contributed by atoms with Gasteiger partial charge in [0, 0.05) is 22.5 Å². The number of hydrogen-bond acceptors (Lipinski definition) is 5. The minimum absolute atomic E-state index is 0.526. The van der Waals surface area contributed by atoms with Crippen LogP contribution in [0.1, 0.15) is 5.82 Å². The number of ether oxygens (including phenoxy) is 1. The highest BCUT2D eigenvalue weighted by molar-refractivity contribution is 6.32. The van der Waals surface area contributed by atoms with Gasteiger partial charge in [-0.1, -0.05) is 23.2 Å². The quantitative estimate of drug-likeness (QED) is 0.609. The second-order valence-corrected chi connectivity index (χ2v) is 6.14. The molecule has 1 aromatic heterocycles. The highest BCUT2D eigenvalue weighted by Gasteiger charge is 2.06. The number of nitrogens with one attached hydrogen (secondary N) is 2. The predicted molar refractivity (Wildman–Crippen MR) is 103 cm³/mol. The van der Waals surface area contributed by atoms with Gasteiger partial charge in [-0.05, 0) is 49.4 Å². The standard InChI is InChI=1S/C18H16Cl2N4O/c1-11-21-17(23-13-5-3-12(19)4-6-13)10-18(22-11)24-14-7-8-16(25-2)15(20)9-14/h3-10H,1-2H3,(H2,21,22,23,24). The molecule has 0 amide bonds. The maximum Gasteiger partial charge on any atom is 0.137 e. The molecule has 0 unspecified atom stereocenters. The molecule has 2 aromatic carbocycles. The Morgan fingerprint density at radius 3 is 2.04 bits per heavy atom.